The van der Waals surface area contributed by atoms with Gasteiger partial charge < -0.3 is 5.11 Å². The molecule has 0 aliphatic heterocycles. The third kappa shape index (κ3) is 3.98. The molecule has 0 fully saturated rings. The highest BCUT2D eigenvalue weighted by atomic mass is 19.1. The molecule has 3 nitrogen and oxygen atoms in total. The van der Waals surface area contributed by atoms with Crippen LogP contribution in [0.4, 0.5) is 4.39 Å². The minimum atomic E-state index is -0.853. The van der Waals surface area contributed by atoms with E-state index in [4.69, 9.17) is 5.11 Å². The van der Waals surface area contributed by atoms with Crippen molar-refractivity contribution >= 4 is 5.97 Å². The fourth-order valence-electron chi connectivity index (χ4n) is 1.53. The summed E-state index contributed by atoms with van der Waals surface area (Å²) in [6.45, 7) is 1.92. The normalized spacial score (nSPS) is 12.8. The SMILES string of the molecule is CC(Cc1cccc(F)c1)N(C)CC(=O)O. The number of hydrogen-bond donors (Lipinski definition) is 1. The first-order valence-corrected chi connectivity index (χ1v) is 5.15. The summed E-state index contributed by atoms with van der Waals surface area (Å²) in [4.78, 5) is 12.2. The fourth-order valence-corrected chi connectivity index (χ4v) is 1.53. The molecule has 0 aliphatic rings. The van der Waals surface area contributed by atoms with Gasteiger partial charge in [0.25, 0.3) is 0 Å². The van der Waals surface area contributed by atoms with E-state index in [-0.39, 0.29) is 18.4 Å². The van der Waals surface area contributed by atoms with Crippen molar-refractivity contribution in [1.29, 1.82) is 0 Å². The zero-order valence-electron chi connectivity index (χ0n) is 9.48. The first-order chi connectivity index (χ1) is 7.49. The van der Waals surface area contributed by atoms with E-state index in [1.807, 2.05) is 13.0 Å². The summed E-state index contributed by atoms with van der Waals surface area (Å²) in [6, 6.07) is 6.45. The Kier molecular flexibility index (Phi) is 4.43. The number of rotatable bonds is 5. The molecule has 1 atom stereocenters. The average Bonchev–Trinajstić information content (AvgIpc) is 2.16. The summed E-state index contributed by atoms with van der Waals surface area (Å²) >= 11 is 0. The number of carboxylic acid groups (broad SMARTS) is 1. The molecule has 4 heteroatoms. The number of hydrogen-bond acceptors (Lipinski definition) is 2. The second-order valence-corrected chi connectivity index (χ2v) is 3.99. The lowest BCUT2D eigenvalue weighted by molar-refractivity contribution is -0.138. The van der Waals surface area contributed by atoms with Crippen LogP contribution in [0.15, 0.2) is 24.3 Å². The van der Waals surface area contributed by atoms with Gasteiger partial charge in [-0.1, -0.05) is 12.1 Å². The van der Waals surface area contributed by atoms with Gasteiger partial charge in [-0.25, -0.2) is 4.39 Å². The Labute approximate surface area is 94.5 Å². The lowest BCUT2D eigenvalue weighted by atomic mass is 10.1. The standard InChI is InChI=1S/C12H16FNO2/c1-9(14(2)8-12(15)16)6-10-4-3-5-11(13)7-10/h3-5,7,9H,6,8H2,1-2H3,(H,15,16). The molecule has 0 heterocycles. The van der Waals surface area contributed by atoms with Gasteiger partial charge in [0.05, 0.1) is 6.54 Å². The van der Waals surface area contributed by atoms with Crippen molar-refractivity contribution in [2.75, 3.05) is 13.6 Å². The summed E-state index contributed by atoms with van der Waals surface area (Å²) in [5.74, 6) is -1.11. The maximum atomic E-state index is 12.9. The third-order valence-electron chi connectivity index (χ3n) is 2.56. The molecule has 1 rings (SSSR count). The quantitative estimate of drug-likeness (QED) is 0.830. The van der Waals surface area contributed by atoms with Gasteiger partial charge in [-0.2, -0.15) is 0 Å². The van der Waals surface area contributed by atoms with Crippen LogP contribution < -0.4 is 0 Å². The van der Waals surface area contributed by atoms with Gasteiger partial charge >= 0.3 is 5.97 Å². The maximum absolute atomic E-state index is 12.9. The molecule has 0 saturated heterocycles. The Morgan fingerprint density at radius 2 is 2.25 bits per heavy atom. The van der Waals surface area contributed by atoms with Gasteiger partial charge in [0.1, 0.15) is 5.82 Å². The van der Waals surface area contributed by atoms with Crippen LogP contribution in [0.2, 0.25) is 0 Å². The predicted molar refractivity (Wildman–Crippen MR) is 59.8 cm³/mol. The Bertz CT molecular complexity index is 368. The highest BCUT2D eigenvalue weighted by molar-refractivity contribution is 5.69. The zero-order chi connectivity index (χ0) is 12.1. The highest BCUT2D eigenvalue weighted by Crippen LogP contribution is 2.09. The minimum Gasteiger partial charge on any atom is -0.480 e. The Morgan fingerprint density at radius 3 is 2.81 bits per heavy atom. The lowest BCUT2D eigenvalue weighted by Gasteiger charge is -2.22. The topological polar surface area (TPSA) is 40.5 Å². The molecule has 1 aromatic carbocycles. The van der Waals surface area contributed by atoms with E-state index in [1.165, 1.54) is 12.1 Å². The molecular formula is C12H16FNO2. The van der Waals surface area contributed by atoms with Gasteiger partial charge in [0.15, 0.2) is 0 Å². The van der Waals surface area contributed by atoms with E-state index in [9.17, 15) is 9.18 Å². The Morgan fingerprint density at radius 1 is 1.56 bits per heavy atom. The molecule has 0 amide bonds. The largest absolute Gasteiger partial charge is 0.480 e. The van der Waals surface area contributed by atoms with E-state index in [1.54, 1.807) is 18.0 Å². The van der Waals surface area contributed by atoms with Crippen molar-refractivity contribution in [3.8, 4) is 0 Å². The molecule has 0 bridgehead atoms. The molecule has 0 radical (unpaired) electrons. The number of aliphatic carboxylic acids is 1. The van der Waals surface area contributed by atoms with Gasteiger partial charge in [-0.3, -0.25) is 9.69 Å². The van der Waals surface area contributed by atoms with Crippen molar-refractivity contribution in [2.45, 2.75) is 19.4 Å². The molecule has 1 N–H and O–H groups in total. The second-order valence-electron chi connectivity index (χ2n) is 3.99. The van der Waals surface area contributed by atoms with E-state index in [2.05, 4.69) is 0 Å². The lowest BCUT2D eigenvalue weighted by Crippen LogP contribution is -2.35. The maximum Gasteiger partial charge on any atom is 0.317 e. The third-order valence-corrected chi connectivity index (χ3v) is 2.56. The van der Waals surface area contributed by atoms with Crippen LogP contribution in [0.3, 0.4) is 0 Å². The second kappa shape index (κ2) is 5.61. The van der Waals surface area contributed by atoms with Crippen LogP contribution in [-0.2, 0) is 11.2 Å². The summed E-state index contributed by atoms with van der Waals surface area (Å²) < 4.78 is 12.9. The predicted octanol–water partition coefficient (Wildman–Crippen LogP) is 1.77. The summed E-state index contributed by atoms with van der Waals surface area (Å²) in [6.07, 6.45) is 0.640. The summed E-state index contributed by atoms with van der Waals surface area (Å²) in [5.41, 5.74) is 0.879. The molecule has 1 aromatic rings. The molecule has 0 aromatic heterocycles. The molecule has 1 unspecified atom stereocenters. The Hall–Kier alpha value is -1.42. The van der Waals surface area contributed by atoms with Crippen LogP contribution in [0, 0.1) is 5.82 Å². The zero-order valence-corrected chi connectivity index (χ0v) is 9.48. The highest BCUT2D eigenvalue weighted by Gasteiger charge is 2.12. The van der Waals surface area contributed by atoms with Crippen LogP contribution >= 0.6 is 0 Å². The minimum absolute atomic E-state index is 0.00349. The first-order valence-electron chi connectivity index (χ1n) is 5.15. The molecule has 0 aliphatic carbocycles. The number of halogens is 1. The number of benzene rings is 1. The summed E-state index contributed by atoms with van der Waals surface area (Å²) in [7, 11) is 1.75. The van der Waals surface area contributed by atoms with Crippen LogP contribution in [0.5, 0.6) is 0 Å². The average molecular weight is 225 g/mol. The first kappa shape index (κ1) is 12.6. The molecular weight excluding hydrogens is 209 g/mol. The summed E-state index contributed by atoms with van der Waals surface area (Å²) in [5, 5.41) is 8.64. The van der Waals surface area contributed by atoms with Crippen LogP contribution in [0.1, 0.15) is 12.5 Å². The van der Waals surface area contributed by atoms with E-state index in [0.717, 1.165) is 5.56 Å². The number of likely N-dealkylation sites (N-methyl/N-ethyl adjacent to an activating group) is 1. The van der Waals surface area contributed by atoms with Crippen molar-refractivity contribution in [1.82, 2.24) is 4.90 Å². The molecule has 88 valence electrons. The van der Waals surface area contributed by atoms with Gasteiger partial charge in [-0.05, 0) is 38.1 Å². The monoisotopic (exact) mass is 225 g/mol. The van der Waals surface area contributed by atoms with Crippen LogP contribution in [0.25, 0.3) is 0 Å². The van der Waals surface area contributed by atoms with Gasteiger partial charge in [0.2, 0.25) is 0 Å². The van der Waals surface area contributed by atoms with Crippen molar-refractivity contribution in [3.63, 3.8) is 0 Å². The number of carboxylic acids is 1. The van der Waals surface area contributed by atoms with Crippen molar-refractivity contribution < 1.29 is 14.3 Å². The Balaban J connectivity index is 2.56. The van der Waals surface area contributed by atoms with E-state index in [0.29, 0.717) is 6.42 Å². The molecule has 0 spiro atoms. The number of nitrogens with zero attached hydrogens (tertiary/aromatic N) is 1. The van der Waals surface area contributed by atoms with Crippen LogP contribution in [-0.4, -0.2) is 35.6 Å². The van der Waals surface area contributed by atoms with E-state index >= 15 is 0 Å². The van der Waals surface area contributed by atoms with Gasteiger partial charge in [0, 0.05) is 6.04 Å². The number of carbonyl (C=O) groups is 1. The van der Waals surface area contributed by atoms with E-state index < -0.39 is 5.97 Å². The van der Waals surface area contributed by atoms with Crippen molar-refractivity contribution in [2.24, 2.45) is 0 Å². The molecule has 16 heavy (non-hydrogen) atoms. The van der Waals surface area contributed by atoms with Crippen molar-refractivity contribution in [3.05, 3.63) is 35.6 Å². The molecule has 0 saturated carbocycles. The van der Waals surface area contributed by atoms with Gasteiger partial charge in [-0.15, -0.1) is 0 Å². The smallest absolute Gasteiger partial charge is 0.317 e. The fraction of sp³-hybridized carbons (Fsp3) is 0.417.